The van der Waals surface area contributed by atoms with Crippen LogP contribution in [-0.2, 0) is 11.2 Å². The molecule has 2 saturated heterocycles. The van der Waals surface area contributed by atoms with Crippen LogP contribution in [0.5, 0.6) is 0 Å². The van der Waals surface area contributed by atoms with Gasteiger partial charge < -0.3 is 14.7 Å². The number of likely N-dealkylation sites (tertiary alicyclic amines) is 1. The van der Waals surface area contributed by atoms with E-state index in [2.05, 4.69) is 27.4 Å². The maximum atomic E-state index is 12.9. The first-order chi connectivity index (χ1) is 11.9. The Morgan fingerprint density at radius 2 is 2.16 bits per heavy atom. The van der Waals surface area contributed by atoms with E-state index in [1.807, 2.05) is 25.8 Å². The SMILES string of the molecule is CC(C)c1nc(CCN(C)C(=O)[C@@H]2CC3(CCNCC3)CN2C)no1. The molecule has 1 atom stereocenters. The van der Waals surface area contributed by atoms with E-state index in [9.17, 15) is 4.79 Å². The topological polar surface area (TPSA) is 74.5 Å². The second kappa shape index (κ2) is 7.41. The lowest BCUT2D eigenvalue weighted by atomic mass is 9.77. The van der Waals surface area contributed by atoms with Crippen LogP contribution in [0.4, 0.5) is 0 Å². The van der Waals surface area contributed by atoms with Gasteiger partial charge in [0.15, 0.2) is 5.82 Å². The fraction of sp³-hybridized carbons (Fsp3) is 0.833. The van der Waals surface area contributed by atoms with Gasteiger partial charge in [0.2, 0.25) is 11.8 Å². The minimum atomic E-state index is -0.000377. The number of amides is 1. The number of rotatable bonds is 5. The lowest BCUT2D eigenvalue weighted by Gasteiger charge is -2.33. The molecule has 2 fully saturated rings. The van der Waals surface area contributed by atoms with Gasteiger partial charge in [-0.15, -0.1) is 0 Å². The Morgan fingerprint density at radius 3 is 2.80 bits per heavy atom. The summed E-state index contributed by atoms with van der Waals surface area (Å²) in [6.45, 7) is 7.84. The Morgan fingerprint density at radius 1 is 1.44 bits per heavy atom. The predicted molar refractivity (Wildman–Crippen MR) is 95.3 cm³/mol. The minimum Gasteiger partial charge on any atom is -0.344 e. The first-order valence-corrected chi connectivity index (χ1v) is 9.39. The molecule has 0 bridgehead atoms. The van der Waals surface area contributed by atoms with Crippen LogP contribution in [-0.4, -0.2) is 72.2 Å². The largest absolute Gasteiger partial charge is 0.344 e. The van der Waals surface area contributed by atoms with Crippen molar-refractivity contribution in [3.63, 3.8) is 0 Å². The van der Waals surface area contributed by atoms with E-state index in [0.29, 0.717) is 30.1 Å². The molecule has 0 aromatic carbocycles. The van der Waals surface area contributed by atoms with Crippen molar-refractivity contribution in [2.75, 3.05) is 40.3 Å². The number of carbonyl (C=O) groups excluding carboxylic acids is 1. The third-order valence-electron chi connectivity index (χ3n) is 5.72. The summed E-state index contributed by atoms with van der Waals surface area (Å²) in [5.41, 5.74) is 0.320. The standard InChI is InChI=1S/C18H31N5O2/c1-13(2)16-20-15(21-25-16)5-10-22(3)17(24)14-11-18(12-23(14)4)6-8-19-9-7-18/h13-14,19H,5-12H2,1-4H3/t14-/m0/s1. The molecule has 2 aliphatic rings. The van der Waals surface area contributed by atoms with Crippen molar-refractivity contribution in [1.82, 2.24) is 25.3 Å². The first-order valence-electron chi connectivity index (χ1n) is 9.39. The smallest absolute Gasteiger partial charge is 0.239 e. The van der Waals surface area contributed by atoms with Gasteiger partial charge in [-0.3, -0.25) is 9.69 Å². The summed E-state index contributed by atoms with van der Waals surface area (Å²) in [7, 11) is 3.97. The van der Waals surface area contributed by atoms with Gasteiger partial charge in [0.05, 0.1) is 6.04 Å². The van der Waals surface area contributed by atoms with Crippen LogP contribution in [0.1, 0.15) is 50.7 Å². The lowest BCUT2D eigenvalue weighted by molar-refractivity contribution is -0.134. The highest BCUT2D eigenvalue weighted by Crippen LogP contribution is 2.41. The molecule has 1 spiro atoms. The van der Waals surface area contributed by atoms with Crippen molar-refractivity contribution < 1.29 is 9.32 Å². The quantitative estimate of drug-likeness (QED) is 0.863. The summed E-state index contributed by atoms with van der Waals surface area (Å²) in [5.74, 6) is 1.78. The number of likely N-dealkylation sites (N-methyl/N-ethyl adjacent to an activating group) is 2. The average molecular weight is 349 g/mol. The molecule has 3 rings (SSSR count). The van der Waals surface area contributed by atoms with Crippen molar-refractivity contribution in [1.29, 1.82) is 0 Å². The predicted octanol–water partition coefficient (Wildman–Crippen LogP) is 1.27. The summed E-state index contributed by atoms with van der Waals surface area (Å²) < 4.78 is 5.23. The molecule has 1 aromatic rings. The molecule has 0 aliphatic carbocycles. The normalized spacial score (nSPS) is 23.5. The maximum Gasteiger partial charge on any atom is 0.239 e. The van der Waals surface area contributed by atoms with Gasteiger partial charge in [0.25, 0.3) is 0 Å². The van der Waals surface area contributed by atoms with E-state index in [1.54, 1.807) is 0 Å². The van der Waals surface area contributed by atoms with Gasteiger partial charge in [0, 0.05) is 32.5 Å². The molecule has 1 N–H and O–H groups in total. The Kier molecular flexibility index (Phi) is 5.43. The zero-order valence-corrected chi connectivity index (χ0v) is 15.9. The van der Waals surface area contributed by atoms with Crippen LogP contribution >= 0.6 is 0 Å². The van der Waals surface area contributed by atoms with Crippen LogP contribution in [0.3, 0.4) is 0 Å². The molecule has 7 nitrogen and oxygen atoms in total. The number of hydrogen-bond donors (Lipinski definition) is 1. The first kappa shape index (κ1) is 18.3. The maximum absolute atomic E-state index is 12.9. The molecule has 1 amide bonds. The molecule has 7 heteroatoms. The van der Waals surface area contributed by atoms with Crippen molar-refractivity contribution >= 4 is 5.91 Å². The lowest BCUT2D eigenvalue weighted by Crippen LogP contribution is -2.43. The summed E-state index contributed by atoms with van der Waals surface area (Å²) in [5, 5.41) is 7.44. The van der Waals surface area contributed by atoms with Crippen LogP contribution < -0.4 is 5.32 Å². The van der Waals surface area contributed by atoms with Crippen molar-refractivity contribution in [2.24, 2.45) is 5.41 Å². The highest BCUT2D eigenvalue weighted by molar-refractivity contribution is 5.82. The van der Waals surface area contributed by atoms with E-state index >= 15 is 0 Å². The second-order valence-corrected chi connectivity index (χ2v) is 8.10. The summed E-state index contributed by atoms with van der Waals surface area (Å²) in [6.07, 6.45) is 3.95. The number of hydrogen-bond acceptors (Lipinski definition) is 6. The highest BCUT2D eigenvalue weighted by Gasteiger charge is 2.46. The third-order valence-corrected chi connectivity index (χ3v) is 5.72. The number of nitrogens with one attached hydrogen (secondary N) is 1. The van der Waals surface area contributed by atoms with Crippen LogP contribution in [0.15, 0.2) is 4.52 Å². The summed E-state index contributed by atoms with van der Waals surface area (Å²) >= 11 is 0. The molecule has 0 unspecified atom stereocenters. The molecular weight excluding hydrogens is 318 g/mol. The Bertz CT molecular complexity index is 594. The van der Waals surface area contributed by atoms with Gasteiger partial charge in [-0.25, -0.2) is 0 Å². The van der Waals surface area contributed by atoms with E-state index in [-0.39, 0.29) is 17.9 Å². The molecule has 25 heavy (non-hydrogen) atoms. The number of carbonyl (C=O) groups is 1. The number of nitrogens with zero attached hydrogens (tertiary/aromatic N) is 4. The minimum absolute atomic E-state index is 0.000377. The zero-order chi connectivity index (χ0) is 18.0. The monoisotopic (exact) mass is 349 g/mol. The zero-order valence-electron chi connectivity index (χ0n) is 15.9. The van der Waals surface area contributed by atoms with Gasteiger partial charge in [-0.1, -0.05) is 19.0 Å². The van der Waals surface area contributed by atoms with Crippen molar-refractivity contribution in [3.05, 3.63) is 11.7 Å². The summed E-state index contributed by atoms with van der Waals surface area (Å²) in [6, 6.07) is -0.000377. The molecule has 0 radical (unpaired) electrons. The molecular formula is C18H31N5O2. The number of aromatic nitrogens is 2. The Labute approximate surface area is 150 Å². The molecule has 3 heterocycles. The van der Waals surface area contributed by atoms with Crippen LogP contribution in [0.25, 0.3) is 0 Å². The average Bonchev–Trinajstić information content (AvgIpc) is 3.18. The molecule has 2 aliphatic heterocycles. The number of piperidine rings is 1. The Hall–Kier alpha value is -1.47. The van der Waals surface area contributed by atoms with E-state index in [1.165, 1.54) is 12.8 Å². The van der Waals surface area contributed by atoms with E-state index < -0.39 is 0 Å². The van der Waals surface area contributed by atoms with Gasteiger partial charge in [0.1, 0.15) is 0 Å². The molecule has 140 valence electrons. The van der Waals surface area contributed by atoms with Crippen LogP contribution in [0, 0.1) is 5.41 Å². The fourth-order valence-electron chi connectivity index (χ4n) is 4.10. The van der Waals surface area contributed by atoms with Crippen molar-refractivity contribution in [3.8, 4) is 0 Å². The van der Waals surface area contributed by atoms with E-state index in [0.717, 1.165) is 26.1 Å². The fourth-order valence-corrected chi connectivity index (χ4v) is 4.10. The van der Waals surface area contributed by atoms with E-state index in [4.69, 9.17) is 4.52 Å². The second-order valence-electron chi connectivity index (χ2n) is 8.10. The molecule has 1 aromatic heterocycles. The molecule has 0 saturated carbocycles. The van der Waals surface area contributed by atoms with Gasteiger partial charge in [-0.2, -0.15) is 4.98 Å². The van der Waals surface area contributed by atoms with Crippen molar-refractivity contribution in [2.45, 2.75) is 51.5 Å². The highest BCUT2D eigenvalue weighted by atomic mass is 16.5. The van der Waals surface area contributed by atoms with Gasteiger partial charge >= 0.3 is 0 Å². The van der Waals surface area contributed by atoms with Gasteiger partial charge in [-0.05, 0) is 44.8 Å². The van der Waals surface area contributed by atoms with Crippen LogP contribution in [0.2, 0.25) is 0 Å². The Balaban J connectivity index is 1.54. The third kappa shape index (κ3) is 4.03. The summed E-state index contributed by atoms with van der Waals surface area (Å²) in [4.78, 5) is 21.4.